The van der Waals surface area contributed by atoms with Gasteiger partial charge in [0.1, 0.15) is 0 Å². The first-order chi connectivity index (χ1) is 13.9. The van der Waals surface area contributed by atoms with Crippen molar-refractivity contribution in [1.29, 1.82) is 0 Å². The van der Waals surface area contributed by atoms with Gasteiger partial charge in [-0.3, -0.25) is 9.63 Å². The summed E-state index contributed by atoms with van der Waals surface area (Å²) < 4.78 is 2.04. The molecule has 4 rings (SSSR count). The maximum absolute atomic E-state index is 12.5. The Labute approximate surface area is 173 Å². The molecule has 2 heterocycles. The smallest absolute Gasteiger partial charge is 0.221 e. The number of hydrogen-bond donors (Lipinski definition) is 1. The van der Waals surface area contributed by atoms with Crippen LogP contribution < -0.4 is 5.32 Å². The van der Waals surface area contributed by atoms with Crippen molar-refractivity contribution in [1.82, 2.24) is 20.2 Å². The lowest BCUT2D eigenvalue weighted by atomic mass is 9.87. The van der Waals surface area contributed by atoms with E-state index in [1.54, 1.807) is 0 Å². The molecule has 1 aromatic heterocycles. The fraction of sp³-hybridized carbons (Fsp3) is 0.565. The van der Waals surface area contributed by atoms with E-state index < -0.39 is 0 Å². The summed E-state index contributed by atoms with van der Waals surface area (Å²) in [5.74, 6) is 0.0839. The number of carbonyl (C=O) groups is 1. The zero-order valence-electron chi connectivity index (χ0n) is 17.8. The van der Waals surface area contributed by atoms with E-state index in [1.807, 2.05) is 15.9 Å². The minimum Gasteiger partial charge on any atom is -0.349 e. The number of aromatic nitrogens is 2. The lowest BCUT2D eigenvalue weighted by Gasteiger charge is -2.25. The fourth-order valence-corrected chi connectivity index (χ4v) is 4.20. The number of fused-ring (bicyclic) bond motifs is 1. The molecule has 6 heteroatoms. The molecule has 1 amide bonds. The average molecular weight is 397 g/mol. The summed E-state index contributed by atoms with van der Waals surface area (Å²) in [5.41, 5.74) is 4.90. The summed E-state index contributed by atoms with van der Waals surface area (Å²) >= 11 is 0. The van der Waals surface area contributed by atoms with Gasteiger partial charge in [0.05, 0.1) is 24.5 Å². The second-order valence-electron chi connectivity index (χ2n) is 9.13. The Morgan fingerprint density at radius 2 is 2.03 bits per heavy atom. The molecule has 156 valence electrons. The maximum atomic E-state index is 12.5. The van der Waals surface area contributed by atoms with Crippen LogP contribution in [0.5, 0.6) is 0 Å². The van der Waals surface area contributed by atoms with Crippen molar-refractivity contribution < 1.29 is 9.63 Å². The minimum atomic E-state index is 0.0494. The van der Waals surface area contributed by atoms with Gasteiger partial charge >= 0.3 is 0 Å². The van der Waals surface area contributed by atoms with Gasteiger partial charge in [-0.1, -0.05) is 32.9 Å². The Balaban J connectivity index is 1.45. The zero-order valence-corrected chi connectivity index (χ0v) is 17.8. The number of benzene rings is 1. The number of rotatable bonds is 5. The molecule has 1 atom stereocenters. The van der Waals surface area contributed by atoms with Crippen LogP contribution in [0.2, 0.25) is 0 Å². The van der Waals surface area contributed by atoms with Crippen molar-refractivity contribution >= 4 is 5.91 Å². The maximum Gasteiger partial charge on any atom is 0.221 e. The molecule has 1 aliphatic carbocycles. The van der Waals surface area contributed by atoms with Crippen LogP contribution in [-0.4, -0.2) is 40.4 Å². The van der Waals surface area contributed by atoms with Gasteiger partial charge in [0, 0.05) is 30.8 Å². The quantitative estimate of drug-likeness (QED) is 0.837. The average Bonchev–Trinajstić information content (AvgIpc) is 3.36. The first-order valence-electron chi connectivity index (χ1n) is 10.8. The second-order valence-corrected chi connectivity index (χ2v) is 9.13. The van der Waals surface area contributed by atoms with E-state index in [-0.39, 0.29) is 17.4 Å². The van der Waals surface area contributed by atoms with Gasteiger partial charge in [0.15, 0.2) is 0 Å². The Hall–Kier alpha value is -2.18. The summed E-state index contributed by atoms with van der Waals surface area (Å²) in [6.07, 6.45) is 6.45. The third-order valence-electron chi connectivity index (χ3n) is 5.91. The first-order valence-corrected chi connectivity index (χ1v) is 10.8. The van der Waals surface area contributed by atoms with Crippen molar-refractivity contribution in [2.45, 2.75) is 64.3 Å². The van der Waals surface area contributed by atoms with Crippen LogP contribution in [0.25, 0.3) is 5.69 Å². The van der Waals surface area contributed by atoms with Gasteiger partial charge in [-0.25, -0.2) is 4.68 Å². The number of carbonyl (C=O) groups excluding carboxylic acids is 1. The first kappa shape index (κ1) is 20.1. The number of nitrogens with zero attached hydrogens (tertiary/aromatic N) is 3. The standard InChI is InChI=1S/C23H32N4O2/c1-23(2,3)17-8-10-18(11-9-17)27-21-7-4-6-20(19(21)16-24-27)25-22(28)12-14-26-13-5-15-29-26/h8-11,16,20H,4-7,12-15H2,1-3H3,(H,25,28)/t20-/m0/s1. The van der Waals surface area contributed by atoms with E-state index >= 15 is 0 Å². The van der Waals surface area contributed by atoms with Gasteiger partial charge in [0.2, 0.25) is 5.91 Å². The van der Waals surface area contributed by atoms with Crippen LogP contribution in [0, 0.1) is 0 Å². The Kier molecular flexibility index (Phi) is 5.74. The van der Waals surface area contributed by atoms with E-state index in [0.29, 0.717) is 13.0 Å². The van der Waals surface area contributed by atoms with Crippen molar-refractivity contribution in [3.63, 3.8) is 0 Å². The number of nitrogens with one attached hydrogen (secondary N) is 1. The monoisotopic (exact) mass is 396 g/mol. The molecule has 0 saturated carbocycles. The predicted octanol–water partition coefficient (Wildman–Crippen LogP) is 3.69. The van der Waals surface area contributed by atoms with Crippen LogP contribution in [0.15, 0.2) is 30.5 Å². The molecule has 0 spiro atoms. The summed E-state index contributed by atoms with van der Waals surface area (Å²) in [6.45, 7) is 9.01. The predicted molar refractivity (Wildman–Crippen MR) is 113 cm³/mol. The lowest BCUT2D eigenvalue weighted by molar-refractivity contribution is -0.131. The highest BCUT2D eigenvalue weighted by molar-refractivity contribution is 5.76. The highest BCUT2D eigenvalue weighted by Gasteiger charge is 2.26. The van der Waals surface area contributed by atoms with Crippen molar-refractivity contribution in [3.05, 3.63) is 47.3 Å². The van der Waals surface area contributed by atoms with E-state index in [2.05, 4.69) is 55.5 Å². The van der Waals surface area contributed by atoms with Crippen LogP contribution >= 0.6 is 0 Å². The molecule has 1 aromatic carbocycles. The molecule has 1 aliphatic heterocycles. The van der Waals surface area contributed by atoms with E-state index in [4.69, 9.17) is 4.84 Å². The molecule has 1 saturated heterocycles. The third-order valence-corrected chi connectivity index (χ3v) is 5.91. The zero-order chi connectivity index (χ0) is 20.4. The molecule has 2 aliphatic rings. The van der Waals surface area contributed by atoms with Crippen molar-refractivity contribution in [3.8, 4) is 5.69 Å². The lowest BCUT2D eigenvalue weighted by Crippen LogP contribution is -2.33. The fourth-order valence-electron chi connectivity index (χ4n) is 4.20. The Morgan fingerprint density at radius 1 is 1.24 bits per heavy atom. The third kappa shape index (κ3) is 4.54. The van der Waals surface area contributed by atoms with E-state index in [9.17, 15) is 4.79 Å². The highest BCUT2D eigenvalue weighted by atomic mass is 16.7. The van der Waals surface area contributed by atoms with E-state index in [1.165, 1.54) is 11.3 Å². The second kappa shape index (κ2) is 8.28. The van der Waals surface area contributed by atoms with Crippen LogP contribution in [0.4, 0.5) is 0 Å². The molecule has 2 aromatic rings. The SMILES string of the molecule is CC(C)(C)c1ccc(-n2ncc3c2CCC[C@@H]3NC(=O)CCN2CCCO2)cc1. The molecule has 0 bridgehead atoms. The topological polar surface area (TPSA) is 59.4 Å². The Bertz CT molecular complexity index is 845. The summed E-state index contributed by atoms with van der Waals surface area (Å²) in [5, 5.41) is 9.78. The van der Waals surface area contributed by atoms with Crippen molar-refractivity contribution in [2.75, 3.05) is 19.7 Å². The number of hydroxylamine groups is 2. The molecule has 6 nitrogen and oxygen atoms in total. The molecular formula is C23H32N4O2. The molecule has 0 unspecified atom stereocenters. The highest BCUT2D eigenvalue weighted by Crippen LogP contribution is 2.31. The molecule has 0 radical (unpaired) electrons. The summed E-state index contributed by atoms with van der Waals surface area (Å²) in [7, 11) is 0. The summed E-state index contributed by atoms with van der Waals surface area (Å²) in [6, 6.07) is 8.71. The van der Waals surface area contributed by atoms with E-state index in [0.717, 1.165) is 50.1 Å². The Morgan fingerprint density at radius 3 is 2.72 bits per heavy atom. The van der Waals surface area contributed by atoms with Crippen LogP contribution in [0.3, 0.4) is 0 Å². The van der Waals surface area contributed by atoms with Crippen LogP contribution in [-0.2, 0) is 21.5 Å². The van der Waals surface area contributed by atoms with Gasteiger partial charge in [-0.05, 0) is 48.8 Å². The van der Waals surface area contributed by atoms with Gasteiger partial charge in [0.25, 0.3) is 0 Å². The number of amides is 1. The molecule has 29 heavy (non-hydrogen) atoms. The number of hydrogen-bond acceptors (Lipinski definition) is 4. The molecule has 1 fully saturated rings. The molecule has 1 N–H and O–H groups in total. The van der Waals surface area contributed by atoms with Gasteiger partial charge in [-0.2, -0.15) is 10.2 Å². The minimum absolute atomic E-state index is 0.0494. The van der Waals surface area contributed by atoms with Gasteiger partial charge in [-0.15, -0.1) is 0 Å². The van der Waals surface area contributed by atoms with Gasteiger partial charge < -0.3 is 5.32 Å². The van der Waals surface area contributed by atoms with Crippen molar-refractivity contribution in [2.24, 2.45) is 0 Å². The summed E-state index contributed by atoms with van der Waals surface area (Å²) in [4.78, 5) is 17.9. The molecular weight excluding hydrogens is 364 g/mol. The van der Waals surface area contributed by atoms with Crippen LogP contribution in [0.1, 0.15) is 69.3 Å². The largest absolute Gasteiger partial charge is 0.349 e. The normalized spacial score (nSPS) is 19.9.